The minimum absolute atomic E-state index is 0.828. The molecule has 148 valence electrons. The number of ether oxygens (including phenoxy) is 2. The lowest BCUT2D eigenvalue weighted by Crippen LogP contribution is -1.91. The van der Waals surface area contributed by atoms with Crippen LogP contribution in [0, 0.1) is 0 Å². The zero-order valence-corrected chi connectivity index (χ0v) is 17.1. The first-order valence-electron chi connectivity index (χ1n) is 9.79. The molecule has 0 aliphatic rings. The van der Waals surface area contributed by atoms with Crippen molar-refractivity contribution in [2.75, 3.05) is 14.2 Å². The number of benzene rings is 3. The lowest BCUT2D eigenvalue weighted by molar-refractivity contribution is 0.415. The molecule has 0 saturated carbocycles. The maximum absolute atomic E-state index is 5.30. The lowest BCUT2D eigenvalue weighted by atomic mass is 10.0. The number of methoxy groups -OCH3 is 2. The molecule has 0 amide bonds. The van der Waals surface area contributed by atoms with Gasteiger partial charge >= 0.3 is 0 Å². The van der Waals surface area contributed by atoms with E-state index in [2.05, 4.69) is 48.6 Å². The second kappa shape index (κ2) is 9.10. The third-order valence-corrected chi connectivity index (χ3v) is 4.90. The molecule has 0 unspecified atom stereocenters. The van der Waals surface area contributed by atoms with Crippen molar-refractivity contribution in [3.05, 3.63) is 102 Å². The zero-order valence-electron chi connectivity index (χ0n) is 17.1. The Labute approximate surface area is 177 Å². The van der Waals surface area contributed by atoms with Crippen molar-refractivity contribution < 1.29 is 9.47 Å². The SMILES string of the molecule is COc1ccc(-c2cc(C=Cc3ccccc3)nc(-c3ccc(OC)cc3)c2)cc1. The highest BCUT2D eigenvalue weighted by Gasteiger charge is 2.07. The summed E-state index contributed by atoms with van der Waals surface area (Å²) in [5, 5.41) is 0. The van der Waals surface area contributed by atoms with Crippen molar-refractivity contribution in [2.45, 2.75) is 0 Å². The molecule has 4 rings (SSSR count). The fraction of sp³-hybridized carbons (Fsp3) is 0.0741. The molecule has 3 aromatic carbocycles. The van der Waals surface area contributed by atoms with Gasteiger partial charge in [-0.1, -0.05) is 48.5 Å². The van der Waals surface area contributed by atoms with Crippen LogP contribution in [0.4, 0.5) is 0 Å². The van der Waals surface area contributed by atoms with Gasteiger partial charge in [-0.25, -0.2) is 4.98 Å². The van der Waals surface area contributed by atoms with Gasteiger partial charge in [0.25, 0.3) is 0 Å². The highest BCUT2D eigenvalue weighted by Crippen LogP contribution is 2.29. The molecule has 0 bridgehead atoms. The first-order valence-corrected chi connectivity index (χ1v) is 9.79. The van der Waals surface area contributed by atoms with E-state index in [1.807, 2.05) is 54.6 Å². The van der Waals surface area contributed by atoms with Gasteiger partial charge in [-0.05, 0) is 71.3 Å². The Balaban J connectivity index is 1.76. The first kappa shape index (κ1) is 19.5. The van der Waals surface area contributed by atoms with E-state index in [-0.39, 0.29) is 0 Å². The molecule has 1 aromatic heterocycles. The number of hydrogen-bond acceptors (Lipinski definition) is 3. The van der Waals surface area contributed by atoms with Crippen LogP contribution >= 0.6 is 0 Å². The van der Waals surface area contributed by atoms with Crippen molar-refractivity contribution in [3.8, 4) is 33.9 Å². The van der Waals surface area contributed by atoms with E-state index >= 15 is 0 Å². The minimum atomic E-state index is 0.828. The lowest BCUT2D eigenvalue weighted by Gasteiger charge is -2.09. The number of rotatable bonds is 6. The molecule has 1 heterocycles. The van der Waals surface area contributed by atoms with Crippen molar-refractivity contribution in [2.24, 2.45) is 0 Å². The fourth-order valence-corrected chi connectivity index (χ4v) is 3.24. The zero-order chi connectivity index (χ0) is 20.8. The second-order valence-electron chi connectivity index (χ2n) is 6.87. The molecule has 0 aliphatic carbocycles. The Kier molecular flexibility index (Phi) is 5.90. The van der Waals surface area contributed by atoms with Gasteiger partial charge in [0.2, 0.25) is 0 Å². The monoisotopic (exact) mass is 393 g/mol. The average Bonchev–Trinajstić information content (AvgIpc) is 2.83. The van der Waals surface area contributed by atoms with Gasteiger partial charge in [0.05, 0.1) is 25.6 Å². The third kappa shape index (κ3) is 4.58. The second-order valence-corrected chi connectivity index (χ2v) is 6.87. The fourth-order valence-electron chi connectivity index (χ4n) is 3.24. The van der Waals surface area contributed by atoms with Gasteiger partial charge in [0.1, 0.15) is 11.5 Å². The molecule has 30 heavy (non-hydrogen) atoms. The maximum atomic E-state index is 5.30. The number of aromatic nitrogens is 1. The summed E-state index contributed by atoms with van der Waals surface area (Å²) in [6.07, 6.45) is 4.13. The first-order chi connectivity index (χ1) is 14.7. The van der Waals surface area contributed by atoms with Crippen LogP contribution in [0.3, 0.4) is 0 Å². The molecule has 3 nitrogen and oxygen atoms in total. The molecule has 0 saturated heterocycles. The molecule has 3 heteroatoms. The van der Waals surface area contributed by atoms with E-state index in [1.165, 1.54) is 0 Å². The normalized spacial score (nSPS) is 10.9. The Bertz CT molecular complexity index is 1070. The molecule has 0 fully saturated rings. The van der Waals surface area contributed by atoms with Gasteiger partial charge < -0.3 is 9.47 Å². The standard InChI is InChI=1S/C27H23NO2/c1-29-25-14-9-21(10-15-25)23-18-24(13-8-20-6-4-3-5-7-20)28-27(19-23)22-11-16-26(30-2)17-12-22/h3-19H,1-2H3. The molecule has 0 aliphatic heterocycles. The summed E-state index contributed by atoms with van der Waals surface area (Å²) in [7, 11) is 3.35. The van der Waals surface area contributed by atoms with Crippen molar-refractivity contribution in [1.82, 2.24) is 4.98 Å². The summed E-state index contributed by atoms with van der Waals surface area (Å²) in [5.74, 6) is 1.67. The summed E-state index contributed by atoms with van der Waals surface area (Å²) in [6, 6.07) is 30.5. The quantitative estimate of drug-likeness (QED) is 0.370. The largest absolute Gasteiger partial charge is 0.497 e. The predicted octanol–water partition coefficient (Wildman–Crippen LogP) is 6.60. The Hall–Kier alpha value is -3.85. The van der Waals surface area contributed by atoms with E-state index < -0.39 is 0 Å². The van der Waals surface area contributed by atoms with Crippen LogP contribution in [-0.4, -0.2) is 19.2 Å². The maximum Gasteiger partial charge on any atom is 0.118 e. The summed E-state index contributed by atoms with van der Waals surface area (Å²) in [6.45, 7) is 0. The Morgan fingerprint density at radius 2 is 1.20 bits per heavy atom. The number of pyridine rings is 1. The predicted molar refractivity (Wildman–Crippen MR) is 124 cm³/mol. The molecule has 0 spiro atoms. The van der Waals surface area contributed by atoms with Crippen LogP contribution in [0.1, 0.15) is 11.3 Å². The van der Waals surface area contributed by atoms with E-state index in [0.29, 0.717) is 0 Å². The smallest absolute Gasteiger partial charge is 0.118 e. The summed E-state index contributed by atoms with van der Waals surface area (Å²) in [5.41, 5.74) is 6.21. The molecular formula is C27H23NO2. The van der Waals surface area contributed by atoms with E-state index in [9.17, 15) is 0 Å². The number of nitrogens with zero attached hydrogens (tertiary/aromatic N) is 1. The minimum Gasteiger partial charge on any atom is -0.497 e. The molecular weight excluding hydrogens is 370 g/mol. The van der Waals surface area contributed by atoms with Crippen LogP contribution < -0.4 is 9.47 Å². The van der Waals surface area contributed by atoms with E-state index in [0.717, 1.165) is 45.1 Å². The van der Waals surface area contributed by atoms with E-state index in [1.54, 1.807) is 14.2 Å². The van der Waals surface area contributed by atoms with Crippen molar-refractivity contribution in [3.63, 3.8) is 0 Å². The Morgan fingerprint density at radius 1 is 0.600 bits per heavy atom. The molecule has 0 radical (unpaired) electrons. The topological polar surface area (TPSA) is 31.4 Å². The third-order valence-electron chi connectivity index (χ3n) is 4.90. The number of hydrogen-bond donors (Lipinski definition) is 0. The van der Waals surface area contributed by atoms with Crippen molar-refractivity contribution >= 4 is 12.2 Å². The summed E-state index contributed by atoms with van der Waals surface area (Å²) >= 11 is 0. The van der Waals surface area contributed by atoms with Gasteiger partial charge in [0, 0.05) is 5.56 Å². The highest BCUT2D eigenvalue weighted by molar-refractivity contribution is 5.76. The van der Waals surface area contributed by atoms with Crippen LogP contribution in [0.15, 0.2) is 91.0 Å². The van der Waals surface area contributed by atoms with Crippen LogP contribution in [-0.2, 0) is 0 Å². The summed E-state index contributed by atoms with van der Waals surface area (Å²) in [4.78, 5) is 4.88. The average molecular weight is 393 g/mol. The van der Waals surface area contributed by atoms with Gasteiger partial charge in [-0.2, -0.15) is 0 Å². The molecule has 0 N–H and O–H groups in total. The van der Waals surface area contributed by atoms with Crippen LogP contribution in [0.5, 0.6) is 11.5 Å². The summed E-state index contributed by atoms with van der Waals surface area (Å²) < 4.78 is 10.6. The Morgan fingerprint density at radius 3 is 1.80 bits per heavy atom. The van der Waals surface area contributed by atoms with E-state index in [4.69, 9.17) is 14.5 Å². The van der Waals surface area contributed by atoms with Crippen LogP contribution in [0.2, 0.25) is 0 Å². The highest BCUT2D eigenvalue weighted by atomic mass is 16.5. The van der Waals surface area contributed by atoms with Gasteiger partial charge in [0.15, 0.2) is 0 Å². The van der Waals surface area contributed by atoms with Gasteiger partial charge in [-0.15, -0.1) is 0 Å². The molecule has 0 atom stereocenters. The van der Waals surface area contributed by atoms with Crippen LogP contribution in [0.25, 0.3) is 34.5 Å². The van der Waals surface area contributed by atoms with Crippen molar-refractivity contribution in [1.29, 1.82) is 0 Å². The van der Waals surface area contributed by atoms with Gasteiger partial charge in [-0.3, -0.25) is 0 Å². The molecule has 4 aromatic rings.